The van der Waals surface area contributed by atoms with Crippen LogP contribution in [0.15, 0.2) is 23.8 Å². The van der Waals surface area contributed by atoms with Gasteiger partial charge in [-0.2, -0.15) is 0 Å². The van der Waals surface area contributed by atoms with Crippen molar-refractivity contribution in [1.82, 2.24) is 0 Å². The Balaban J connectivity index is 4.90. The maximum absolute atomic E-state index is 10.2. The maximum atomic E-state index is 10.2. The second kappa shape index (κ2) is 5.78. The van der Waals surface area contributed by atoms with Gasteiger partial charge in [0.15, 0.2) is 0 Å². The monoisotopic (exact) mass is 206 g/mol. The van der Waals surface area contributed by atoms with Crippen LogP contribution in [0.1, 0.15) is 40.5 Å². The summed E-state index contributed by atoms with van der Waals surface area (Å²) in [6, 6.07) is 0. The highest BCUT2D eigenvalue weighted by Gasteiger charge is 2.32. The average Bonchev–Trinajstić information content (AvgIpc) is 2.16. The highest BCUT2D eigenvalue weighted by atomic mass is 16.3. The van der Waals surface area contributed by atoms with Gasteiger partial charge in [-0.15, -0.1) is 6.42 Å². The van der Waals surface area contributed by atoms with E-state index in [-0.39, 0.29) is 5.92 Å². The summed E-state index contributed by atoms with van der Waals surface area (Å²) in [6.07, 6.45) is 8.80. The molecule has 0 saturated carbocycles. The Morgan fingerprint density at radius 3 is 2.33 bits per heavy atom. The third-order valence-corrected chi connectivity index (χ3v) is 2.72. The number of rotatable bonds is 5. The van der Waals surface area contributed by atoms with Crippen LogP contribution in [0.4, 0.5) is 0 Å². The number of terminal acetylenes is 1. The zero-order chi connectivity index (χ0) is 12.1. The van der Waals surface area contributed by atoms with E-state index in [2.05, 4.69) is 18.6 Å². The fraction of sp³-hybridized carbons (Fsp3) is 0.571. The van der Waals surface area contributed by atoms with E-state index in [0.717, 1.165) is 12.0 Å². The minimum Gasteiger partial charge on any atom is -0.377 e. The van der Waals surface area contributed by atoms with Gasteiger partial charge in [-0.25, -0.2) is 0 Å². The van der Waals surface area contributed by atoms with E-state index >= 15 is 0 Å². The fourth-order valence-electron chi connectivity index (χ4n) is 1.61. The molecule has 1 N–H and O–H groups in total. The van der Waals surface area contributed by atoms with Crippen LogP contribution in [0, 0.1) is 18.3 Å². The van der Waals surface area contributed by atoms with Crippen molar-refractivity contribution in [3.05, 3.63) is 23.8 Å². The van der Waals surface area contributed by atoms with Gasteiger partial charge in [0.2, 0.25) is 0 Å². The smallest absolute Gasteiger partial charge is 0.131 e. The Bertz CT molecular complexity index is 289. The van der Waals surface area contributed by atoms with E-state index < -0.39 is 5.60 Å². The normalized spacial score (nSPS) is 16.0. The molecule has 0 aromatic carbocycles. The Labute approximate surface area is 93.9 Å². The summed E-state index contributed by atoms with van der Waals surface area (Å²) >= 11 is 0. The van der Waals surface area contributed by atoms with E-state index in [4.69, 9.17) is 6.42 Å². The summed E-state index contributed by atoms with van der Waals surface area (Å²) < 4.78 is 0. The topological polar surface area (TPSA) is 20.2 Å². The van der Waals surface area contributed by atoms with Crippen LogP contribution >= 0.6 is 0 Å². The lowest BCUT2D eigenvalue weighted by Crippen LogP contribution is -2.36. The summed E-state index contributed by atoms with van der Waals surface area (Å²) in [5.74, 6) is 2.45. The Hall–Kier alpha value is -1.00. The quantitative estimate of drug-likeness (QED) is 0.540. The summed E-state index contributed by atoms with van der Waals surface area (Å²) in [7, 11) is 0. The highest BCUT2D eigenvalue weighted by Crippen LogP contribution is 2.30. The molecule has 0 radical (unpaired) electrons. The zero-order valence-electron chi connectivity index (χ0n) is 10.3. The first-order valence-electron chi connectivity index (χ1n) is 5.36. The summed E-state index contributed by atoms with van der Waals surface area (Å²) in [6.45, 7) is 11.8. The molecular weight excluding hydrogens is 184 g/mol. The molecule has 0 aliphatic carbocycles. The van der Waals surface area contributed by atoms with Crippen LogP contribution in [0.3, 0.4) is 0 Å². The predicted octanol–water partition coefficient (Wildman–Crippen LogP) is 3.31. The van der Waals surface area contributed by atoms with Crippen molar-refractivity contribution >= 4 is 0 Å². The number of hydrogen-bond donors (Lipinski definition) is 1. The van der Waals surface area contributed by atoms with E-state index in [1.807, 2.05) is 27.7 Å². The second-order valence-electron chi connectivity index (χ2n) is 4.34. The third-order valence-electron chi connectivity index (χ3n) is 2.72. The predicted molar refractivity (Wildman–Crippen MR) is 66.4 cm³/mol. The molecule has 0 aliphatic rings. The van der Waals surface area contributed by atoms with E-state index in [1.165, 1.54) is 5.57 Å². The van der Waals surface area contributed by atoms with Crippen LogP contribution in [-0.4, -0.2) is 10.7 Å². The molecule has 0 bridgehead atoms. The molecule has 0 spiro atoms. The molecule has 84 valence electrons. The summed E-state index contributed by atoms with van der Waals surface area (Å²) in [4.78, 5) is 0. The molecule has 0 aromatic rings. The molecule has 15 heavy (non-hydrogen) atoms. The van der Waals surface area contributed by atoms with Gasteiger partial charge in [0, 0.05) is 5.92 Å². The van der Waals surface area contributed by atoms with Gasteiger partial charge in [0.05, 0.1) is 0 Å². The molecule has 2 unspecified atom stereocenters. The first kappa shape index (κ1) is 14.0. The molecule has 0 aliphatic heterocycles. The molecule has 0 saturated heterocycles. The molecular formula is C14H22O. The molecule has 0 rings (SSSR count). The highest BCUT2D eigenvalue weighted by molar-refractivity contribution is 5.19. The average molecular weight is 206 g/mol. The van der Waals surface area contributed by atoms with Crippen LogP contribution in [0.25, 0.3) is 0 Å². The molecule has 0 aromatic heterocycles. The maximum Gasteiger partial charge on any atom is 0.131 e. The lowest BCUT2D eigenvalue weighted by atomic mass is 9.79. The number of hydrogen-bond acceptors (Lipinski definition) is 1. The van der Waals surface area contributed by atoms with Crippen molar-refractivity contribution in [2.24, 2.45) is 5.92 Å². The first-order valence-corrected chi connectivity index (χ1v) is 5.36. The molecule has 0 amide bonds. The summed E-state index contributed by atoms with van der Waals surface area (Å²) in [5, 5.41) is 10.2. The van der Waals surface area contributed by atoms with Gasteiger partial charge >= 0.3 is 0 Å². The van der Waals surface area contributed by atoms with Crippen molar-refractivity contribution in [2.45, 2.75) is 46.1 Å². The standard InChI is InChI=1S/C14H22O/c1-7-14(15,8-2)13(12(5)6)10-9-11(3)4/h1,9,13,15H,5,8,10H2,2-4,6H3. The van der Waals surface area contributed by atoms with Gasteiger partial charge in [-0.1, -0.05) is 36.6 Å². The zero-order valence-corrected chi connectivity index (χ0v) is 10.3. The van der Waals surface area contributed by atoms with Gasteiger partial charge in [0.1, 0.15) is 5.60 Å². The fourth-order valence-corrected chi connectivity index (χ4v) is 1.61. The Morgan fingerprint density at radius 2 is 2.07 bits per heavy atom. The van der Waals surface area contributed by atoms with Crippen molar-refractivity contribution in [2.75, 3.05) is 0 Å². The molecule has 2 atom stereocenters. The molecule has 1 heteroatoms. The van der Waals surface area contributed by atoms with Crippen LogP contribution in [0.5, 0.6) is 0 Å². The minimum absolute atomic E-state index is 0.0533. The molecule has 0 fully saturated rings. The number of aliphatic hydroxyl groups is 1. The third kappa shape index (κ3) is 3.93. The lowest BCUT2D eigenvalue weighted by Gasteiger charge is -2.30. The Kier molecular flexibility index (Phi) is 5.39. The van der Waals surface area contributed by atoms with Crippen molar-refractivity contribution in [1.29, 1.82) is 0 Å². The van der Waals surface area contributed by atoms with Crippen molar-refractivity contribution < 1.29 is 5.11 Å². The molecule has 1 nitrogen and oxygen atoms in total. The van der Waals surface area contributed by atoms with Gasteiger partial charge < -0.3 is 5.11 Å². The second-order valence-corrected chi connectivity index (χ2v) is 4.34. The van der Waals surface area contributed by atoms with Gasteiger partial charge in [-0.05, 0) is 33.6 Å². The first-order chi connectivity index (χ1) is 6.87. The Morgan fingerprint density at radius 1 is 1.53 bits per heavy atom. The van der Waals surface area contributed by atoms with Crippen molar-refractivity contribution in [3.8, 4) is 12.3 Å². The van der Waals surface area contributed by atoms with E-state index in [1.54, 1.807) is 0 Å². The van der Waals surface area contributed by atoms with E-state index in [9.17, 15) is 5.11 Å². The minimum atomic E-state index is -1.06. The molecule has 0 heterocycles. The SMILES string of the molecule is C#CC(O)(CC)C(CC=C(C)C)C(=C)C. The van der Waals surface area contributed by atoms with Gasteiger partial charge in [0.25, 0.3) is 0 Å². The lowest BCUT2D eigenvalue weighted by molar-refractivity contribution is 0.0505. The van der Waals surface area contributed by atoms with Crippen molar-refractivity contribution in [3.63, 3.8) is 0 Å². The van der Waals surface area contributed by atoms with Crippen LogP contribution < -0.4 is 0 Å². The van der Waals surface area contributed by atoms with Gasteiger partial charge in [-0.3, -0.25) is 0 Å². The summed E-state index contributed by atoms with van der Waals surface area (Å²) in [5.41, 5.74) is 1.11. The van der Waals surface area contributed by atoms with Crippen LogP contribution in [-0.2, 0) is 0 Å². The largest absolute Gasteiger partial charge is 0.377 e. The van der Waals surface area contributed by atoms with E-state index in [0.29, 0.717) is 6.42 Å². The number of allylic oxidation sites excluding steroid dienone is 2. The van der Waals surface area contributed by atoms with Crippen LogP contribution in [0.2, 0.25) is 0 Å².